The third-order valence-electron chi connectivity index (χ3n) is 3.35. The number of esters is 1. The lowest BCUT2D eigenvalue weighted by atomic mass is 9.98. The average Bonchev–Trinajstić information content (AvgIpc) is 2.35. The highest BCUT2D eigenvalue weighted by Gasteiger charge is 2.20. The molecule has 1 aromatic rings. The summed E-state index contributed by atoms with van der Waals surface area (Å²) < 4.78 is 5.26. The third kappa shape index (κ3) is 3.84. The van der Waals surface area contributed by atoms with Gasteiger partial charge in [0.2, 0.25) is 0 Å². The lowest BCUT2D eigenvalue weighted by molar-refractivity contribution is -0.147. The SMILES string of the molecule is C[C@@H]1CCCC=CC(=O)c2c(O)cc(O)cc2CC(=O)O1. The van der Waals surface area contributed by atoms with Gasteiger partial charge in [-0.15, -0.1) is 0 Å². The standard InChI is InChI=1S/C16H18O5/c1-10-5-3-2-4-6-13(18)16-11(8-15(20)21-10)7-12(17)9-14(16)19/h4,6-7,9-10,17,19H,2-3,5,8H2,1H3/t10-/m1/s1. The second-order valence-electron chi connectivity index (χ2n) is 5.17. The van der Waals surface area contributed by atoms with Crippen molar-refractivity contribution in [1.82, 2.24) is 0 Å². The van der Waals surface area contributed by atoms with Gasteiger partial charge in [0, 0.05) is 6.07 Å². The quantitative estimate of drug-likeness (QED) is 0.717. The molecule has 0 saturated carbocycles. The summed E-state index contributed by atoms with van der Waals surface area (Å²) >= 11 is 0. The van der Waals surface area contributed by atoms with Crippen LogP contribution in [0.5, 0.6) is 11.5 Å². The van der Waals surface area contributed by atoms with Gasteiger partial charge < -0.3 is 14.9 Å². The van der Waals surface area contributed by atoms with Gasteiger partial charge in [0.25, 0.3) is 0 Å². The van der Waals surface area contributed by atoms with Crippen molar-refractivity contribution in [1.29, 1.82) is 0 Å². The predicted octanol–water partition coefficient (Wildman–Crippen LogP) is 2.49. The van der Waals surface area contributed by atoms with Gasteiger partial charge in [0.05, 0.1) is 18.1 Å². The number of carbonyl (C=O) groups excluding carboxylic acids is 2. The number of hydrogen-bond donors (Lipinski definition) is 2. The summed E-state index contributed by atoms with van der Waals surface area (Å²) in [4.78, 5) is 24.0. The van der Waals surface area contributed by atoms with E-state index < -0.39 is 5.97 Å². The van der Waals surface area contributed by atoms with Crippen LogP contribution in [0.3, 0.4) is 0 Å². The molecule has 0 aromatic heterocycles. The topological polar surface area (TPSA) is 83.8 Å². The van der Waals surface area contributed by atoms with E-state index >= 15 is 0 Å². The molecular formula is C16H18O5. The van der Waals surface area contributed by atoms with Gasteiger partial charge in [0.1, 0.15) is 11.5 Å². The van der Waals surface area contributed by atoms with Crippen molar-refractivity contribution in [3.63, 3.8) is 0 Å². The van der Waals surface area contributed by atoms with Gasteiger partial charge in [-0.1, -0.05) is 6.08 Å². The van der Waals surface area contributed by atoms with Crippen molar-refractivity contribution in [3.8, 4) is 11.5 Å². The fraction of sp³-hybridized carbons (Fsp3) is 0.375. The predicted molar refractivity (Wildman–Crippen MR) is 76.4 cm³/mol. The van der Waals surface area contributed by atoms with E-state index in [-0.39, 0.29) is 40.9 Å². The van der Waals surface area contributed by atoms with Crippen molar-refractivity contribution in [2.45, 2.75) is 38.7 Å². The third-order valence-corrected chi connectivity index (χ3v) is 3.35. The van der Waals surface area contributed by atoms with Crippen molar-refractivity contribution < 1.29 is 24.5 Å². The van der Waals surface area contributed by atoms with E-state index in [2.05, 4.69) is 0 Å². The minimum Gasteiger partial charge on any atom is -0.508 e. The lowest BCUT2D eigenvalue weighted by Crippen LogP contribution is -2.18. The first-order valence-electron chi connectivity index (χ1n) is 6.92. The summed E-state index contributed by atoms with van der Waals surface area (Å²) in [5.41, 5.74) is 0.300. The number of phenols is 2. The molecule has 1 atom stereocenters. The molecule has 112 valence electrons. The first kappa shape index (κ1) is 15.1. The molecule has 5 heteroatoms. The van der Waals surface area contributed by atoms with Crippen LogP contribution < -0.4 is 0 Å². The Balaban J connectivity index is 2.43. The molecule has 21 heavy (non-hydrogen) atoms. The summed E-state index contributed by atoms with van der Waals surface area (Å²) in [6.07, 6.45) is 5.01. The molecule has 0 fully saturated rings. The van der Waals surface area contributed by atoms with E-state index in [1.165, 1.54) is 12.1 Å². The Labute approximate surface area is 122 Å². The van der Waals surface area contributed by atoms with E-state index in [9.17, 15) is 19.8 Å². The van der Waals surface area contributed by atoms with Crippen molar-refractivity contribution in [2.24, 2.45) is 0 Å². The molecule has 0 radical (unpaired) electrons. The number of rotatable bonds is 0. The number of fused-ring (bicyclic) bond motifs is 1. The first-order valence-corrected chi connectivity index (χ1v) is 6.92. The molecule has 0 amide bonds. The number of cyclic esters (lactones) is 1. The summed E-state index contributed by atoms with van der Waals surface area (Å²) in [5.74, 6) is -1.40. The maximum absolute atomic E-state index is 12.1. The monoisotopic (exact) mass is 290 g/mol. The lowest BCUT2D eigenvalue weighted by Gasteiger charge is -2.15. The minimum absolute atomic E-state index is 0.0363. The zero-order valence-electron chi connectivity index (χ0n) is 11.8. The Morgan fingerprint density at radius 3 is 2.76 bits per heavy atom. The van der Waals surface area contributed by atoms with Crippen molar-refractivity contribution >= 4 is 11.8 Å². The molecule has 2 N–H and O–H groups in total. The molecule has 0 aliphatic carbocycles. The Morgan fingerprint density at radius 1 is 1.24 bits per heavy atom. The van der Waals surface area contributed by atoms with Crippen LogP contribution in [-0.4, -0.2) is 28.1 Å². The summed E-state index contributed by atoms with van der Waals surface area (Å²) in [6, 6.07) is 2.39. The molecule has 1 heterocycles. The van der Waals surface area contributed by atoms with Gasteiger partial charge in [-0.05, 0) is 43.9 Å². The van der Waals surface area contributed by atoms with Crippen LogP contribution in [0.4, 0.5) is 0 Å². The maximum Gasteiger partial charge on any atom is 0.310 e. The number of ketones is 1. The average molecular weight is 290 g/mol. The highest BCUT2D eigenvalue weighted by Crippen LogP contribution is 2.29. The molecule has 0 bridgehead atoms. The number of carbonyl (C=O) groups is 2. The Morgan fingerprint density at radius 2 is 2.00 bits per heavy atom. The number of aromatic hydroxyl groups is 2. The van der Waals surface area contributed by atoms with Gasteiger partial charge in [-0.25, -0.2) is 0 Å². The number of ether oxygens (including phenoxy) is 1. The highest BCUT2D eigenvalue weighted by molar-refractivity contribution is 6.08. The Kier molecular flexibility index (Phi) is 4.62. The smallest absolute Gasteiger partial charge is 0.310 e. The first-order chi connectivity index (χ1) is 9.97. The highest BCUT2D eigenvalue weighted by atomic mass is 16.5. The summed E-state index contributed by atoms with van der Waals surface area (Å²) in [5, 5.41) is 19.4. The number of phenolic OH excluding ortho intramolecular Hbond substituents is 2. The largest absolute Gasteiger partial charge is 0.508 e. The van der Waals surface area contributed by atoms with Crippen molar-refractivity contribution in [3.05, 3.63) is 35.4 Å². The van der Waals surface area contributed by atoms with E-state index in [4.69, 9.17) is 4.74 Å². The minimum atomic E-state index is -0.480. The van der Waals surface area contributed by atoms with Gasteiger partial charge >= 0.3 is 5.97 Å². The van der Waals surface area contributed by atoms with Crippen LogP contribution in [0.15, 0.2) is 24.3 Å². The molecule has 1 aromatic carbocycles. The Bertz CT molecular complexity index is 589. The van der Waals surface area contributed by atoms with Crippen LogP contribution in [0.25, 0.3) is 0 Å². The zero-order valence-corrected chi connectivity index (χ0v) is 11.8. The summed E-state index contributed by atoms with van der Waals surface area (Å²) in [6.45, 7) is 1.82. The van der Waals surface area contributed by atoms with Crippen molar-refractivity contribution in [2.75, 3.05) is 0 Å². The number of hydrogen-bond acceptors (Lipinski definition) is 5. The van der Waals surface area contributed by atoms with Crippen LogP contribution in [-0.2, 0) is 16.0 Å². The maximum atomic E-state index is 12.1. The molecule has 1 aliphatic rings. The molecular weight excluding hydrogens is 272 g/mol. The molecule has 5 nitrogen and oxygen atoms in total. The number of allylic oxidation sites excluding steroid dienone is 2. The van der Waals surface area contributed by atoms with E-state index in [0.29, 0.717) is 6.42 Å². The second-order valence-corrected chi connectivity index (χ2v) is 5.17. The van der Waals surface area contributed by atoms with Crippen LogP contribution in [0.1, 0.15) is 42.1 Å². The van der Waals surface area contributed by atoms with Gasteiger partial charge in [-0.2, -0.15) is 0 Å². The van der Waals surface area contributed by atoms with E-state index in [1.807, 2.05) is 6.92 Å². The van der Waals surface area contributed by atoms with Gasteiger partial charge in [0.15, 0.2) is 5.78 Å². The van der Waals surface area contributed by atoms with Crippen LogP contribution in [0, 0.1) is 0 Å². The molecule has 2 rings (SSSR count). The molecule has 0 unspecified atom stereocenters. The Hall–Kier alpha value is -2.30. The molecule has 0 spiro atoms. The normalized spacial score (nSPS) is 20.1. The molecule has 1 aliphatic heterocycles. The van der Waals surface area contributed by atoms with Crippen LogP contribution >= 0.6 is 0 Å². The van der Waals surface area contributed by atoms with E-state index in [1.54, 1.807) is 6.08 Å². The fourth-order valence-corrected chi connectivity index (χ4v) is 2.37. The van der Waals surface area contributed by atoms with Crippen LogP contribution in [0.2, 0.25) is 0 Å². The van der Waals surface area contributed by atoms with Gasteiger partial charge in [-0.3, -0.25) is 9.59 Å². The van der Waals surface area contributed by atoms with E-state index in [0.717, 1.165) is 18.9 Å². The molecule has 0 saturated heterocycles. The zero-order chi connectivity index (χ0) is 15.4. The second kappa shape index (κ2) is 6.43. The summed E-state index contributed by atoms with van der Waals surface area (Å²) in [7, 11) is 0. The number of benzene rings is 1. The fourth-order valence-electron chi connectivity index (χ4n) is 2.37.